The van der Waals surface area contributed by atoms with Crippen molar-refractivity contribution in [1.29, 1.82) is 0 Å². The highest BCUT2D eigenvalue weighted by atomic mass is 35.5. The first-order chi connectivity index (χ1) is 8.56. The Morgan fingerprint density at radius 3 is 3.11 bits per heavy atom. The highest BCUT2D eigenvalue weighted by molar-refractivity contribution is 7.99. The molecule has 0 amide bonds. The molecule has 0 aliphatic carbocycles. The highest BCUT2D eigenvalue weighted by Crippen LogP contribution is 2.35. The third-order valence-corrected chi connectivity index (χ3v) is 4.24. The van der Waals surface area contributed by atoms with Crippen LogP contribution in [0.25, 0.3) is 0 Å². The molecule has 0 saturated heterocycles. The molecule has 98 valence electrons. The van der Waals surface area contributed by atoms with Crippen molar-refractivity contribution in [3.63, 3.8) is 0 Å². The van der Waals surface area contributed by atoms with Gasteiger partial charge in [0.25, 0.3) is 0 Å². The van der Waals surface area contributed by atoms with Gasteiger partial charge in [-0.25, -0.2) is 0 Å². The summed E-state index contributed by atoms with van der Waals surface area (Å²) in [5, 5.41) is 9.53. The molecule has 2 rings (SSSR count). The second kappa shape index (κ2) is 5.85. The van der Waals surface area contributed by atoms with Crippen molar-refractivity contribution in [3.05, 3.63) is 28.3 Å². The topological polar surface area (TPSA) is 46.5 Å². The lowest BCUT2D eigenvalue weighted by molar-refractivity contribution is -0.136. The van der Waals surface area contributed by atoms with Crippen molar-refractivity contribution >= 4 is 29.3 Å². The molecule has 1 aliphatic rings. The Labute approximate surface area is 115 Å². The van der Waals surface area contributed by atoms with Gasteiger partial charge < -0.3 is 9.84 Å². The lowest BCUT2D eigenvalue weighted by atomic mass is 10.1. The predicted octanol–water partition coefficient (Wildman–Crippen LogP) is 3.37. The smallest absolute Gasteiger partial charge is 0.304 e. The lowest BCUT2D eigenvalue weighted by Crippen LogP contribution is -2.06. The zero-order valence-corrected chi connectivity index (χ0v) is 11.7. The normalized spacial score (nSPS) is 15.0. The summed E-state index contributed by atoms with van der Waals surface area (Å²) >= 11 is 7.68. The van der Waals surface area contributed by atoms with E-state index in [-0.39, 0.29) is 11.7 Å². The number of benzene rings is 1. The minimum absolute atomic E-state index is 0.0820. The molecule has 1 aromatic rings. The van der Waals surface area contributed by atoms with Crippen LogP contribution in [0.3, 0.4) is 0 Å². The van der Waals surface area contributed by atoms with Crippen LogP contribution >= 0.6 is 23.4 Å². The Bertz CT molecular complexity index is 462. The third kappa shape index (κ3) is 3.33. The molecule has 3 nitrogen and oxygen atoms in total. The summed E-state index contributed by atoms with van der Waals surface area (Å²) in [5.41, 5.74) is 2.22. The molecular formula is C13H15ClO3S. The number of carboxylic acids is 1. The summed E-state index contributed by atoms with van der Waals surface area (Å²) in [4.78, 5) is 10.6. The van der Waals surface area contributed by atoms with Gasteiger partial charge >= 0.3 is 5.97 Å². The Balaban J connectivity index is 2.03. The standard InChI is InChI=1S/C13H15ClO3S/c1-8(4-12(15)16)18-7-10-6-11(14)5-9-2-3-17-13(9)10/h5-6,8H,2-4,7H2,1H3,(H,15,16). The molecule has 1 atom stereocenters. The van der Waals surface area contributed by atoms with Crippen LogP contribution in [0.15, 0.2) is 12.1 Å². The Kier molecular flexibility index (Phi) is 4.40. The number of ether oxygens (including phenoxy) is 1. The minimum atomic E-state index is -0.762. The number of halogens is 1. The maximum atomic E-state index is 10.6. The maximum Gasteiger partial charge on any atom is 0.304 e. The molecular weight excluding hydrogens is 272 g/mol. The van der Waals surface area contributed by atoms with Crippen LogP contribution in [-0.4, -0.2) is 22.9 Å². The summed E-state index contributed by atoms with van der Waals surface area (Å²) in [5.74, 6) is 0.911. The fraction of sp³-hybridized carbons (Fsp3) is 0.462. The Morgan fingerprint density at radius 2 is 2.39 bits per heavy atom. The molecule has 1 N–H and O–H groups in total. The SMILES string of the molecule is CC(CC(=O)O)SCc1cc(Cl)cc2c1OCC2. The van der Waals surface area contributed by atoms with E-state index in [0.717, 1.165) is 34.1 Å². The van der Waals surface area contributed by atoms with Crippen molar-refractivity contribution in [3.8, 4) is 5.75 Å². The van der Waals surface area contributed by atoms with Crippen molar-refractivity contribution in [2.45, 2.75) is 30.8 Å². The molecule has 0 aromatic heterocycles. The van der Waals surface area contributed by atoms with E-state index >= 15 is 0 Å². The van der Waals surface area contributed by atoms with Crippen LogP contribution in [0.1, 0.15) is 24.5 Å². The van der Waals surface area contributed by atoms with Crippen LogP contribution in [0.2, 0.25) is 5.02 Å². The lowest BCUT2D eigenvalue weighted by Gasteiger charge is -2.11. The van der Waals surface area contributed by atoms with E-state index < -0.39 is 5.97 Å². The zero-order chi connectivity index (χ0) is 13.1. The molecule has 0 saturated carbocycles. The minimum Gasteiger partial charge on any atom is -0.493 e. The molecule has 1 heterocycles. The van der Waals surface area contributed by atoms with E-state index in [0.29, 0.717) is 6.61 Å². The second-order valence-electron chi connectivity index (χ2n) is 4.37. The van der Waals surface area contributed by atoms with Crippen LogP contribution in [-0.2, 0) is 17.0 Å². The van der Waals surface area contributed by atoms with Crippen molar-refractivity contribution in [2.75, 3.05) is 6.61 Å². The summed E-state index contributed by atoms with van der Waals surface area (Å²) in [6.07, 6.45) is 1.08. The quantitative estimate of drug-likeness (QED) is 0.901. The number of fused-ring (bicyclic) bond motifs is 1. The van der Waals surface area contributed by atoms with Gasteiger partial charge in [-0.3, -0.25) is 4.79 Å². The summed E-state index contributed by atoms with van der Waals surface area (Å²) in [6, 6.07) is 3.85. The van der Waals surface area contributed by atoms with Gasteiger partial charge in [-0.15, -0.1) is 0 Å². The van der Waals surface area contributed by atoms with Crippen molar-refractivity contribution in [1.82, 2.24) is 0 Å². The van der Waals surface area contributed by atoms with Crippen molar-refractivity contribution in [2.24, 2.45) is 0 Å². The van der Waals surface area contributed by atoms with Crippen LogP contribution in [0, 0.1) is 0 Å². The van der Waals surface area contributed by atoms with E-state index in [1.165, 1.54) is 0 Å². The van der Waals surface area contributed by atoms with Gasteiger partial charge in [0.05, 0.1) is 13.0 Å². The molecule has 1 unspecified atom stereocenters. The van der Waals surface area contributed by atoms with Gasteiger partial charge in [0.15, 0.2) is 0 Å². The Hall–Kier alpha value is -0.870. The fourth-order valence-corrected chi connectivity index (χ4v) is 3.19. The van der Waals surface area contributed by atoms with Gasteiger partial charge in [-0.05, 0) is 17.7 Å². The second-order valence-corrected chi connectivity index (χ2v) is 6.23. The Morgan fingerprint density at radius 1 is 1.61 bits per heavy atom. The average Bonchev–Trinajstić information content (AvgIpc) is 2.72. The molecule has 1 aliphatic heterocycles. The number of hydrogen-bond donors (Lipinski definition) is 1. The van der Waals surface area contributed by atoms with E-state index in [4.69, 9.17) is 21.4 Å². The third-order valence-electron chi connectivity index (χ3n) is 2.81. The van der Waals surface area contributed by atoms with Crippen molar-refractivity contribution < 1.29 is 14.6 Å². The molecule has 0 spiro atoms. The summed E-state index contributed by atoms with van der Waals surface area (Å²) in [7, 11) is 0. The van der Waals surface area contributed by atoms with Gasteiger partial charge in [0.1, 0.15) is 5.75 Å². The summed E-state index contributed by atoms with van der Waals surface area (Å²) in [6.45, 7) is 2.63. The molecule has 0 radical (unpaired) electrons. The van der Waals surface area contributed by atoms with Crippen LogP contribution in [0.4, 0.5) is 0 Å². The summed E-state index contributed by atoms with van der Waals surface area (Å²) < 4.78 is 5.61. The van der Waals surface area contributed by atoms with E-state index in [1.807, 2.05) is 19.1 Å². The molecule has 0 bridgehead atoms. The number of rotatable bonds is 5. The number of carboxylic acid groups (broad SMARTS) is 1. The number of thioether (sulfide) groups is 1. The number of carbonyl (C=O) groups is 1. The van der Waals surface area contributed by atoms with Crippen LogP contribution < -0.4 is 4.74 Å². The zero-order valence-electron chi connectivity index (χ0n) is 10.1. The molecule has 18 heavy (non-hydrogen) atoms. The van der Waals surface area contributed by atoms with Gasteiger partial charge in [-0.1, -0.05) is 18.5 Å². The van der Waals surface area contributed by atoms with E-state index in [9.17, 15) is 4.79 Å². The predicted molar refractivity (Wildman–Crippen MR) is 73.7 cm³/mol. The van der Waals surface area contributed by atoms with E-state index in [2.05, 4.69) is 0 Å². The molecule has 1 aromatic carbocycles. The monoisotopic (exact) mass is 286 g/mol. The van der Waals surface area contributed by atoms with Gasteiger partial charge in [0, 0.05) is 28.0 Å². The van der Waals surface area contributed by atoms with Gasteiger partial charge in [-0.2, -0.15) is 11.8 Å². The first-order valence-electron chi connectivity index (χ1n) is 5.83. The number of aliphatic carboxylic acids is 1. The average molecular weight is 287 g/mol. The van der Waals surface area contributed by atoms with Crippen LogP contribution in [0.5, 0.6) is 5.75 Å². The molecule has 0 fully saturated rings. The molecule has 5 heteroatoms. The largest absolute Gasteiger partial charge is 0.493 e. The maximum absolute atomic E-state index is 10.6. The number of hydrogen-bond acceptors (Lipinski definition) is 3. The first-order valence-corrected chi connectivity index (χ1v) is 7.26. The fourth-order valence-electron chi connectivity index (χ4n) is 1.99. The first kappa shape index (κ1) is 13.6. The van der Waals surface area contributed by atoms with E-state index in [1.54, 1.807) is 11.8 Å². The highest BCUT2D eigenvalue weighted by Gasteiger charge is 2.18. The van der Waals surface area contributed by atoms with Gasteiger partial charge in [0.2, 0.25) is 0 Å².